The Bertz CT molecular complexity index is 188. The van der Waals surface area contributed by atoms with E-state index in [1.54, 1.807) is 0 Å². The molecule has 3 heteroatoms. The van der Waals surface area contributed by atoms with Gasteiger partial charge in [0.1, 0.15) is 0 Å². The molecule has 0 fully saturated rings. The van der Waals surface area contributed by atoms with Crippen LogP contribution in [0.15, 0.2) is 11.8 Å². The Morgan fingerprint density at radius 1 is 1.12 bits per heavy atom. The molecule has 94 valence electrons. The van der Waals surface area contributed by atoms with Gasteiger partial charge >= 0.3 is 0 Å². The van der Waals surface area contributed by atoms with E-state index in [1.807, 2.05) is 6.08 Å². The van der Waals surface area contributed by atoms with Crippen molar-refractivity contribution in [2.45, 2.75) is 52.4 Å². The van der Waals surface area contributed by atoms with Crippen LogP contribution in [0.1, 0.15) is 52.4 Å². The number of rotatable bonds is 11. The van der Waals surface area contributed by atoms with E-state index < -0.39 is 0 Å². The van der Waals surface area contributed by atoms with Crippen molar-refractivity contribution in [2.75, 3.05) is 13.4 Å². The lowest BCUT2D eigenvalue weighted by Gasteiger charge is -2.06. The van der Waals surface area contributed by atoms with Crippen molar-refractivity contribution >= 4 is 6.29 Å². The van der Waals surface area contributed by atoms with Crippen LogP contribution in [0, 0.1) is 0 Å². The van der Waals surface area contributed by atoms with Crippen molar-refractivity contribution in [1.29, 1.82) is 0 Å². The number of unbranched alkanes of at least 4 members (excludes halogenated alkanes) is 4. The topological polar surface area (TPSA) is 35.5 Å². The molecule has 0 aromatic heterocycles. The zero-order valence-electron chi connectivity index (χ0n) is 10.5. The molecule has 0 atom stereocenters. The van der Waals surface area contributed by atoms with Crippen LogP contribution < -0.4 is 0 Å². The minimum atomic E-state index is 0.179. The van der Waals surface area contributed by atoms with E-state index in [-0.39, 0.29) is 6.79 Å². The summed E-state index contributed by atoms with van der Waals surface area (Å²) in [6.45, 7) is 5.13. The van der Waals surface area contributed by atoms with Crippen LogP contribution in [0.2, 0.25) is 0 Å². The molecular formula is C13H24O3. The first kappa shape index (κ1) is 15.2. The fourth-order valence-corrected chi connectivity index (χ4v) is 1.19. The molecule has 0 rings (SSSR count). The molecule has 0 amide bonds. The molecule has 0 saturated heterocycles. The van der Waals surface area contributed by atoms with Crippen LogP contribution in [0.4, 0.5) is 0 Å². The van der Waals surface area contributed by atoms with Crippen LogP contribution in [-0.4, -0.2) is 19.7 Å². The normalized spacial score (nSPS) is 11.5. The second kappa shape index (κ2) is 12.2. The molecule has 0 aliphatic rings. The Labute approximate surface area is 98.8 Å². The van der Waals surface area contributed by atoms with E-state index >= 15 is 0 Å². The molecule has 0 aliphatic heterocycles. The van der Waals surface area contributed by atoms with E-state index in [4.69, 9.17) is 9.47 Å². The van der Waals surface area contributed by atoms with Crippen LogP contribution in [0.5, 0.6) is 0 Å². The number of carbonyl (C=O) groups excluding carboxylic acids is 1. The van der Waals surface area contributed by atoms with E-state index in [1.165, 1.54) is 12.8 Å². The van der Waals surface area contributed by atoms with E-state index in [0.717, 1.165) is 32.0 Å². The maximum Gasteiger partial charge on any atom is 0.189 e. The highest BCUT2D eigenvalue weighted by Crippen LogP contribution is 2.03. The van der Waals surface area contributed by atoms with Crippen LogP contribution in [-0.2, 0) is 14.3 Å². The Morgan fingerprint density at radius 3 is 2.50 bits per heavy atom. The highest BCUT2D eigenvalue weighted by atomic mass is 16.7. The average Bonchev–Trinajstić information content (AvgIpc) is 2.31. The van der Waals surface area contributed by atoms with Crippen molar-refractivity contribution in [3.05, 3.63) is 11.8 Å². The molecular weight excluding hydrogens is 204 g/mol. The number of ether oxygens (including phenoxy) is 2. The average molecular weight is 228 g/mol. The monoisotopic (exact) mass is 228 g/mol. The lowest BCUT2D eigenvalue weighted by atomic mass is 10.2. The molecule has 0 aromatic carbocycles. The SMILES string of the molecule is CCCCCC=C(C=O)OCOCCCC. The summed E-state index contributed by atoms with van der Waals surface area (Å²) in [7, 11) is 0. The summed E-state index contributed by atoms with van der Waals surface area (Å²) in [6.07, 6.45) is 9.10. The van der Waals surface area contributed by atoms with Gasteiger partial charge in [-0.2, -0.15) is 0 Å². The minimum absolute atomic E-state index is 0.179. The van der Waals surface area contributed by atoms with Gasteiger partial charge in [0.15, 0.2) is 18.8 Å². The van der Waals surface area contributed by atoms with Gasteiger partial charge in [-0.3, -0.25) is 4.79 Å². The fraction of sp³-hybridized carbons (Fsp3) is 0.769. The predicted octanol–water partition coefficient (Wildman–Crippen LogP) is 3.44. The third-order valence-electron chi connectivity index (χ3n) is 2.22. The van der Waals surface area contributed by atoms with Crippen molar-refractivity contribution in [1.82, 2.24) is 0 Å². The number of hydrogen-bond donors (Lipinski definition) is 0. The van der Waals surface area contributed by atoms with E-state index in [2.05, 4.69) is 13.8 Å². The summed E-state index contributed by atoms with van der Waals surface area (Å²) in [5.41, 5.74) is 0. The second-order valence-electron chi connectivity index (χ2n) is 3.74. The molecule has 0 unspecified atom stereocenters. The zero-order valence-corrected chi connectivity index (χ0v) is 10.5. The van der Waals surface area contributed by atoms with Crippen molar-refractivity contribution in [3.63, 3.8) is 0 Å². The van der Waals surface area contributed by atoms with Crippen molar-refractivity contribution < 1.29 is 14.3 Å². The summed E-state index contributed by atoms with van der Waals surface area (Å²) >= 11 is 0. The smallest absolute Gasteiger partial charge is 0.189 e. The molecule has 0 bridgehead atoms. The lowest BCUT2D eigenvalue weighted by molar-refractivity contribution is -0.111. The number of carbonyl (C=O) groups is 1. The highest BCUT2D eigenvalue weighted by Gasteiger charge is 1.95. The van der Waals surface area contributed by atoms with Gasteiger partial charge in [-0.15, -0.1) is 0 Å². The Hall–Kier alpha value is -0.830. The lowest BCUT2D eigenvalue weighted by Crippen LogP contribution is -2.02. The predicted molar refractivity (Wildman–Crippen MR) is 65.1 cm³/mol. The molecule has 0 heterocycles. The van der Waals surface area contributed by atoms with Crippen LogP contribution in [0.25, 0.3) is 0 Å². The number of aldehydes is 1. The van der Waals surface area contributed by atoms with Gasteiger partial charge in [-0.25, -0.2) is 0 Å². The van der Waals surface area contributed by atoms with Crippen LogP contribution in [0.3, 0.4) is 0 Å². The first-order valence-corrected chi connectivity index (χ1v) is 6.21. The van der Waals surface area contributed by atoms with Gasteiger partial charge < -0.3 is 9.47 Å². The largest absolute Gasteiger partial charge is 0.464 e. The maximum absolute atomic E-state index is 10.6. The molecule has 0 aromatic rings. The zero-order chi connectivity index (χ0) is 12.1. The maximum atomic E-state index is 10.6. The van der Waals surface area contributed by atoms with Gasteiger partial charge in [0.05, 0.1) is 6.61 Å². The van der Waals surface area contributed by atoms with Gasteiger partial charge in [-0.05, 0) is 25.3 Å². The first-order valence-electron chi connectivity index (χ1n) is 6.21. The third kappa shape index (κ3) is 9.71. The molecule has 0 aliphatic carbocycles. The Morgan fingerprint density at radius 2 is 1.88 bits per heavy atom. The van der Waals surface area contributed by atoms with Gasteiger partial charge in [0.25, 0.3) is 0 Å². The first-order chi connectivity index (χ1) is 7.85. The highest BCUT2D eigenvalue weighted by molar-refractivity contribution is 5.69. The van der Waals surface area contributed by atoms with Crippen LogP contribution >= 0.6 is 0 Å². The summed E-state index contributed by atoms with van der Waals surface area (Å²) in [6, 6.07) is 0. The summed E-state index contributed by atoms with van der Waals surface area (Å²) in [4.78, 5) is 10.6. The van der Waals surface area contributed by atoms with E-state index in [0.29, 0.717) is 12.4 Å². The van der Waals surface area contributed by atoms with Crippen molar-refractivity contribution in [3.8, 4) is 0 Å². The summed E-state index contributed by atoms with van der Waals surface area (Å²) in [5, 5.41) is 0. The molecule has 0 N–H and O–H groups in total. The molecule has 0 saturated carbocycles. The third-order valence-corrected chi connectivity index (χ3v) is 2.22. The second-order valence-corrected chi connectivity index (χ2v) is 3.74. The Kier molecular flexibility index (Phi) is 11.6. The van der Waals surface area contributed by atoms with E-state index in [9.17, 15) is 4.79 Å². The molecule has 0 radical (unpaired) electrons. The minimum Gasteiger partial charge on any atom is -0.464 e. The molecule has 16 heavy (non-hydrogen) atoms. The van der Waals surface area contributed by atoms with Gasteiger partial charge in [-0.1, -0.05) is 33.1 Å². The summed E-state index contributed by atoms with van der Waals surface area (Å²) in [5.74, 6) is 0.396. The fourth-order valence-electron chi connectivity index (χ4n) is 1.19. The van der Waals surface area contributed by atoms with Gasteiger partial charge in [0, 0.05) is 0 Å². The quantitative estimate of drug-likeness (QED) is 0.179. The Balaban J connectivity index is 3.53. The number of allylic oxidation sites excluding steroid dienone is 2. The molecule has 3 nitrogen and oxygen atoms in total. The number of hydrogen-bond acceptors (Lipinski definition) is 3. The van der Waals surface area contributed by atoms with Gasteiger partial charge in [0.2, 0.25) is 0 Å². The standard InChI is InChI=1S/C13H24O3/c1-3-5-7-8-9-13(11-14)16-12-15-10-6-4-2/h9,11H,3-8,10,12H2,1-2H3. The van der Waals surface area contributed by atoms with Crippen molar-refractivity contribution in [2.24, 2.45) is 0 Å². The summed E-state index contributed by atoms with van der Waals surface area (Å²) < 4.78 is 10.4. The molecule has 0 spiro atoms.